The standard InChI is InChI=1S/C15H16F2N2O2/c1-10(8-11-4-3-7-21-11)18-9-14(20)19-15-12(16)5-2-6-13(15)17/h2-7,10,18H,8-9H2,1H3,(H,19,20). The molecule has 2 rings (SSSR count). The van der Waals surface area contributed by atoms with Crippen molar-refractivity contribution in [2.75, 3.05) is 11.9 Å². The van der Waals surface area contributed by atoms with Crippen LogP contribution in [0.2, 0.25) is 0 Å². The van der Waals surface area contributed by atoms with Crippen LogP contribution in [0.3, 0.4) is 0 Å². The van der Waals surface area contributed by atoms with Gasteiger partial charge in [0, 0.05) is 12.5 Å². The third-order valence-electron chi connectivity index (χ3n) is 2.93. The lowest BCUT2D eigenvalue weighted by Gasteiger charge is -2.13. The van der Waals surface area contributed by atoms with E-state index < -0.39 is 23.2 Å². The highest BCUT2D eigenvalue weighted by Gasteiger charge is 2.13. The number of para-hydroxylation sites is 1. The number of furan rings is 1. The highest BCUT2D eigenvalue weighted by atomic mass is 19.1. The lowest BCUT2D eigenvalue weighted by atomic mass is 10.2. The van der Waals surface area contributed by atoms with Crippen LogP contribution < -0.4 is 10.6 Å². The van der Waals surface area contributed by atoms with E-state index in [1.807, 2.05) is 13.0 Å². The first-order valence-corrected chi connectivity index (χ1v) is 6.56. The fraction of sp³-hybridized carbons (Fsp3) is 0.267. The number of benzene rings is 1. The summed E-state index contributed by atoms with van der Waals surface area (Å²) in [5.41, 5.74) is -0.428. The first-order valence-electron chi connectivity index (χ1n) is 6.56. The molecule has 1 aromatic heterocycles. The van der Waals surface area contributed by atoms with Crippen molar-refractivity contribution in [3.63, 3.8) is 0 Å². The van der Waals surface area contributed by atoms with Crippen molar-refractivity contribution >= 4 is 11.6 Å². The van der Waals surface area contributed by atoms with Crippen LogP contribution in [-0.2, 0) is 11.2 Å². The Morgan fingerprint density at radius 3 is 2.57 bits per heavy atom. The molecule has 0 radical (unpaired) electrons. The molecule has 1 heterocycles. The molecule has 4 nitrogen and oxygen atoms in total. The van der Waals surface area contributed by atoms with Crippen molar-refractivity contribution in [3.8, 4) is 0 Å². The maximum Gasteiger partial charge on any atom is 0.238 e. The molecule has 2 N–H and O–H groups in total. The molecule has 0 aliphatic rings. The third-order valence-corrected chi connectivity index (χ3v) is 2.93. The summed E-state index contributed by atoms with van der Waals surface area (Å²) in [6.45, 7) is 1.84. The van der Waals surface area contributed by atoms with Gasteiger partial charge in [-0.05, 0) is 31.2 Å². The van der Waals surface area contributed by atoms with Gasteiger partial charge >= 0.3 is 0 Å². The summed E-state index contributed by atoms with van der Waals surface area (Å²) in [5.74, 6) is -1.31. The fourth-order valence-corrected chi connectivity index (χ4v) is 1.87. The molecule has 6 heteroatoms. The number of nitrogens with one attached hydrogen (secondary N) is 2. The second-order valence-electron chi connectivity index (χ2n) is 4.71. The zero-order valence-corrected chi connectivity index (χ0v) is 11.5. The van der Waals surface area contributed by atoms with Gasteiger partial charge in [-0.3, -0.25) is 4.79 Å². The monoisotopic (exact) mass is 294 g/mol. The second-order valence-corrected chi connectivity index (χ2v) is 4.71. The summed E-state index contributed by atoms with van der Waals surface area (Å²) < 4.78 is 31.9. The van der Waals surface area contributed by atoms with Gasteiger partial charge in [0.25, 0.3) is 0 Å². The van der Waals surface area contributed by atoms with E-state index in [2.05, 4.69) is 10.6 Å². The first-order chi connectivity index (χ1) is 10.1. The Labute approximate surface area is 121 Å². The number of hydrogen-bond donors (Lipinski definition) is 2. The maximum atomic E-state index is 13.4. The van der Waals surface area contributed by atoms with E-state index in [0.717, 1.165) is 17.9 Å². The molecule has 2 aromatic rings. The van der Waals surface area contributed by atoms with Crippen LogP contribution in [0.15, 0.2) is 41.0 Å². The molecule has 0 saturated heterocycles. The average Bonchev–Trinajstić information content (AvgIpc) is 2.94. The average molecular weight is 294 g/mol. The third kappa shape index (κ3) is 4.39. The van der Waals surface area contributed by atoms with Gasteiger partial charge in [0.2, 0.25) is 5.91 Å². The van der Waals surface area contributed by atoms with Gasteiger partial charge in [-0.1, -0.05) is 6.07 Å². The van der Waals surface area contributed by atoms with E-state index in [1.54, 1.807) is 12.3 Å². The number of halogens is 2. The number of amides is 1. The van der Waals surface area contributed by atoms with Gasteiger partial charge in [0.1, 0.15) is 23.1 Å². The van der Waals surface area contributed by atoms with Gasteiger partial charge in [-0.2, -0.15) is 0 Å². The zero-order valence-electron chi connectivity index (χ0n) is 11.5. The lowest BCUT2D eigenvalue weighted by Crippen LogP contribution is -2.35. The van der Waals surface area contributed by atoms with Gasteiger partial charge in [0.05, 0.1) is 12.8 Å². The number of carbonyl (C=O) groups excluding carboxylic acids is 1. The summed E-state index contributed by atoms with van der Waals surface area (Å²) in [4.78, 5) is 11.7. The van der Waals surface area contributed by atoms with Gasteiger partial charge in [-0.25, -0.2) is 8.78 Å². The Morgan fingerprint density at radius 2 is 1.95 bits per heavy atom. The normalized spacial score (nSPS) is 12.1. The summed E-state index contributed by atoms with van der Waals surface area (Å²) >= 11 is 0. The maximum absolute atomic E-state index is 13.4. The second kappa shape index (κ2) is 6.99. The van der Waals surface area contributed by atoms with E-state index in [1.165, 1.54) is 6.07 Å². The van der Waals surface area contributed by atoms with Crippen molar-refractivity contribution in [2.45, 2.75) is 19.4 Å². The summed E-state index contributed by atoms with van der Waals surface area (Å²) in [6, 6.07) is 7.04. The molecular formula is C15H16F2N2O2. The number of hydrogen-bond acceptors (Lipinski definition) is 3. The van der Waals surface area contributed by atoms with Crippen LogP contribution >= 0.6 is 0 Å². The number of rotatable bonds is 6. The molecule has 21 heavy (non-hydrogen) atoms. The molecule has 1 amide bonds. The zero-order chi connectivity index (χ0) is 15.2. The summed E-state index contributed by atoms with van der Waals surface area (Å²) in [5, 5.41) is 5.18. The Balaban J connectivity index is 1.82. The van der Waals surface area contributed by atoms with E-state index in [4.69, 9.17) is 4.42 Å². The van der Waals surface area contributed by atoms with Crippen LogP contribution in [0.1, 0.15) is 12.7 Å². The molecular weight excluding hydrogens is 278 g/mol. The molecule has 1 atom stereocenters. The lowest BCUT2D eigenvalue weighted by molar-refractivity contribution is -0.115. The minimum atomic E-state index is -0.799. The highest BCUT2D eigenvalue weighted by Crippen LogP contribution is 2.17. The Morgan fingerprint density at radius 1 is 1.24 bits per heavy atom. The van der Waals surface area contributed by atoms with Crippen LogP contribution in [0.25, 0.3) is 0 Å². The molecule has 0 spiro atoms. The minimum absolute atomic E-state index is 0.00707. The molecule has 0 aliphatic heterocycles. The largest absolute Gasteiger partial charge is 0.469 e. The highest BCUT2D eigenvalue weighted by molar-refractivity contribution is 5.92. The van der Waals surface area contributed by atoms with Crippen molar-refractivity contribution < 1.29 is 18.0 Å². The van der Waals surface area contributed by atoms with Gasteiger partial charge in [-0.15, -0.1) is 0 Å². The van der Waals surface area contributed by atoms with Crippen LogP contribution in [0.4, 0.5) is 14.5 Å². The molecule has 112 valence electrons. The van der Waals surface area contributed by atoms with E-state index in [9.17, 15) is 13.6 Å². The Bertz CT molecular complexity index is 579. The molecule has 0 saturated carbocycles. The minimum Gasteiger partial charge on any atom is -0.469 e. The molecule has 0 bridgehead atoms. The molecule has 0 fully saturated rings. The summed E-state index contributed by atoms with van der Waals surface area (Å²) in [7, 11) is 0. The quantitative estimate of drug-likeness (QED) is 0.861. The van der Waals surface area contributed by atoms with Gasteiger partial charge in [0.15, 0.2) is 0 Å². The Hall–Kier alpha value is -2.21. The van der Waals surface area contributed by atoms with Crippen molar-refractivity contribution in [2.24, 2.45) is 0 Å². The van der Waals surface area contributed by atoms with Crippen LogP contribution in [0, 0.1) is 11.6 Å². The molecule has 1 unspecified atom stereocenters. The van der Waals surface area contributed by atoms with Crippen molar-refractivity contribution in [1.29, 1.82) is 0 Å². The van der Waals surface area contributed by atoms with E-state index in [0.29, 0.717) is 6.42 Å². The van der Waals surface area contributed by atoms with Crippen LogP contribution in [0.5, 0.6) is 0 Å². The van der Waals surface area contributed by atoms with Crippen molar-refractivity contribution in [3.05, 3.63) is 54.0 Å². The number of anilines is 1. The first kappa shape index (κ1) is 15.2. The SMILES string of the molecule is CC(Cc1ccco1)NCC(=O)Nc1c(F)cccc1F. The molecule has 0 aliphatic carbocycles. The predicted octanol–water partition coefficient (Wildman–Crippen LogP) is 2.72. The Kier molecular flexibility index (Phi) is 5.05. The predicted molar refractivity (Wildman–Crippen MR) is 74.9 cm³/mol. The molecule has 1 aromatic carbocycles. The summed E-state index contributed by atoms with van der Waals surface area (Å²) in [6.07, 6.45) is 2.20. The van der Waals surface area contributed by atoms with Gasteiger partial charge < -0.3 is 15.1 Å². The van der Waals surface area contributed by atoms with E-state index in [-0.39, 0.29) is 12.6 Å². The topological polar surface area (TPSA) is 54.3 Å². The van der Waals surface area contributed by atoms with Crippen LogP contribution in [-0.4, -0.2) is 18.5 Å². The van der Waals surface area contributed by atoms with E-state index >= 15 is 0 Å². The number of carbonyl (C=O) groups is 1. The smallest absolute Gasteiger partial charge is 0.238 e. The fourth-order valence-electron chi connectivity index (χ4n) is 1.87. The van der Waals surface area contributed by atoms with Crippen molar-refractivity contribution in [1.82, 2.24) is 5.32 Å².